The Morgan fingerprint density at radius 1 is 1.22 bits per heavy atom. The number of benzene rings is 2. The Hall–Kier alpha value is -2.73. The number of carbonyl (C=O) groups excluding carboxylic acids is 1. The first-order valence-electron chi connectivity index (χ1n) is 6.59. The van der Waals surface area contributed by atoms with Crippen molar-refractivity contribution in [2.24, 2.45) is 0 Å². The van der Waals surface area contributed by atoms with Crippen LogP contribution in [0.15, 0.2) is 42.5 Å². The van der Waals surface area contributed by atoms with E-state index in [2.05, 4.69) is 5.32 Å². The maximum Gasteiger partial charge on any atom is 0.339 e. The number of methoxy groups -OCH3 is 1. The summed E-state index contributed by atoms with van der Waals surface area (Å²) in [6.07, 6.45) is 0. The minimum Gasteiger partial charge on any atom is -0.496 e. The van der Waals surface area contributed by atoms with Crippen molar-refractivity contribution in [1.29, 1.82) is 0 Å². The van der Waals surface area contributed by atoms with Crippen LogP contribution < -0.4 is 14.8 Å². The molecule has 0 aliphatic carbocycles. The number of para-hydroxylation sites is 1. The van der Waals surface area contributed by atoms with Crippen LogP contribution in [0.4, 0.5) is 5.69 Å². The summed E-state index contributed by atoms with van der Waals surface area (Å²) < 4.78 is 10.3. The molecule has 2 aromatic carbocycles. The first-order chi connectivity index (χ1) is 11.0. The summed E-state index contributed by atoms with van der Waals surface area (Å²) in [5, 5.41) is 11.7. The van der Waals surface area contributed by atoms with Gasteiger partial charge in [-0.05, 0) is 18.2 Å². The Morgan fingerprint density at radius 3 is 2.52 bits per heavy atom. The SMILES string of the molecule is COc1cc(NC(=O)COc2ccccc2)c(Cl)cc1C(=O)O. The van der Waals surface area contributed by atoms with Crippen molar-refractivity contribution in [3.63, 3.8) is 0 Å². The number of rotatable bonds is 6. The van der Waals surface area contributed by atoms with E-state index >= 15 is 0 Å². The maximum absolute atomic E-state index is 11.9. The van der Waals surface area contributed by atoms with Gasteiger partial charge in [0.25, 0.3) is 5.91 Å². The van der Waals surface area contributed by atoms with Crippen LogP contribution in [-0.2, 0) is 4.79 Å². The third-order valence-corrected chi connectivity index (χ3v) is 3.22. The van der Waals surface area contributed by atoms with Crippen LogP contribution in [-0.4, -0.2) is 30.7 Å². The lowest BCUT2D eigenvalue weighted by atomic mass is 10.2. The molecular formula is C16H14ClNO5. The Labute approximate surface area is 137 Å². The minimum absolute atomic E-state index is 0.0870. The molecule has 0 radical (unpaired) electrons. The number of ether oxygens (including phenoxy) is 2. The highest BCUT2D eigenvalue weighted by Crippen LogP contribution is 2.31. The number of nitrogens with one attached hydrogen (secondary N) is 1. The Kier molecular flexibility index (Phi) is 5.43. The average molecular weight is 336 g/mol. The van der Waals surface area contributed by atoms with Gasteiger partial charge >= 0.3 is 5.97 Å². The fourth-order valence-corrected chi connectivity index (χ4v) is 2.05. The molecule has 0 atom stereocenters. The number of aromatic carboxylic acids is 1. The molecule has 2 rings (SSSR count). The molecular weight excluding hydrogens is 322 g/mol. The standard InChI is InChI=1S/C16H14ClNO5/c1-22-14-8-13(12(17)7-11(14)16(20)21)18-15(19)9-23-10-5-3-2-4-6-10/h2-8H,9H2,1H3,(H,18,19)(H,20,21). The monoisotopic (exact) mass is 335 g/mol. The van der Waals surface area contributed by atoms with Crippen LogP contribution in [0.25, 0.3) is 0 Å². The number of halogens is 1. The van der Waals surface area contributed by atoms with Gasteiger partial charge in [0, 0.05) is 6.07 Å². The number of hydrogen-bond donors (Lipinski definition) is 2. The average Bonchev–Trinajstić information content (AvgIpc) is 2.55. The van der Waals surface area contributed by atoms with Gasteiger partial charge in [-0.25, -0.2) is 4.79 Å². The second-order valence-corrected chi connectivity index (χ2v) is 4.89. The third kappa shape index (κ3) is 4.37. The van der Waals surface area contributed by atoms with Crippen LogP contribution in [0.2, 0.25) is 5.02 Å². The smallest absolute Gasteiger partial charge is 0.339 e. The van der Waals surface area contributed by atoms with E-state index in [0.717, 1.165) is 0 Å². The summed E-state index contributed by atoms with van der Waals surface area (Å²) in [6.45, 7) is -0.205. The molecule has 120 valence electrons. The van der Waals surface area contributed by atoms with Crippen molar-refractivity contribution < 1.29 is 24.2 Å². The second-order valence-electron chi connectivity index (χ2n) is 4.49. The predicted molar refractivity (Wildman–Crippen MR) is 85.5 cm³/mol. The van der Waals surface area contributed by atoms with Gasteiger partial charge in [-0.15, -0.1) is 0 Å². The lowest BCUT2D eigenvalue weighted by Crippen LogP contribution is -2.20. The minimum atomic E-state index is -1.17. The van der Waals surface area contributed by atoms with Crippen molar-refractivity contribution in [3.8, 4) is 11.5 Å². The van der Waals surface area contributed by atoms with Gasteiger partial charge in [0.1, 0.15) is 17.1 Å². The summed E-state index contributed by atoms with van der Waals surface area (Å²) in [5.41, 5.74) is 0.159. The predicted octanol–water partition coefficient (Wildman–Crippen LogP) is 3.06. The zero-order valence-electron chi connectivity index (χ0n) is 12.2. The molecule has 0 heterocycles. The highest BCUT2D eigenvalue weighted by molar-refractivity contribution is 6.34. The maximum atomic E-state index is 11.9. The summed E-state index contributed by atoms with van der Waals surface area (Å²) in [4.78, 5) is 23.0. The van der Waals surface area contributed by atoms with E-state index < -0.39 is 11.9 Å². The topological polar surface area (TPSA) is 84.9 Å². The van der Waals surface area contributed by atoms with Gasteiger partial charge < -0.3 is 19.9 Å². The van der Waals surface area contributed by atoms with Crippen LogP contribution in [0.5, 0.6) is 11.5 Å². The van der Waals surface area contributed by atoms with E-state index in [1.54, 1.807) is 24.3 Å². The summed E-state index contributed by atoms with van der Waals surface area (Å²) in [7, 11) is 1.33. The molecule has 0 aliphatic rings. The van der Waals surface area contributed by atoms with Gasteiger partial charge in [0.05, 0.1) is 17.8 Å². The second kappa shape index (κ2) is 7.51. The van der Waals surface area contributed by atoms with Crippen molar-refractivity contribution in [1.82, 2.24) is 0 Å². The normalized spacial score (nSPS) is 10.0. The van der Waals surface area contributed by atoms with Gasteiger partial charge in [-0.3, -0.25) is 4.79 Å². The highest BCUT2D eigenvalue weighted by Gasteiger charge is 2.16. The molecule has 23 heavy (non-hydrogen) atoms. The van der Waals surface area contributed by atoms with Crippen LogP contribution in [0.3, 0.4) is 0 Å². The Morgan fingerprint density at radius 2 is 1.91 bits per heavy atom. The van der Waals surface area contributed by atoms with E-state index in [-0.39, 0.29) is 28.6 Å². The molecule has 1 amide bonds. The molecule has 0 fully saturated rings. The summed E-state index contributed by atoms with van der Waals surface area (Å²) >= 11 is 5.99. The molecule has 7 heteroatoms. The fourth-order valence-electron chi connectivity index (χ4n) is 1.84. The quantitative estimate of drug-likeness (QED) is 0.847. The molecule has 0 spiro atoms. The van der Waals surface area contributed by atoms with Gasteiger partial charge in [0.2, 0.25) is 0 Å². The van der Waals surface area contributed by atoms with Crippen molar-refractivity contribution >= 4 is 29.2 Å². The molecule has 6 nitrogen and oxygen atoms in total. The molecule has 0 saturated carbocycles. The zero-order chi connectivity index (χ0) is 16.8. The van der Waals surface area contributed by atoms with Gasteiger partial charge in [-0.2, -0.15) is 0 Å². The van der Waals surface area contributed by atoms with Crippen molar-refractivity contribution in [2.45, 2.75) is 0 Å². The highest BCUT2D eigenvalue weighted by atomic mass is 35.5. The number of amides is 1. The largest absolute Gasteiger partial charge is 0.496 e. The van der Waals surface area contributed by atoms with E-state index in [1.807, 2.05) is 6.07 Å². The van der Waals surface area contributed by atoms with Crippen LogP contribution in [0, 0.1) is 0 Å². The number of hydrogen-bond acceptors (Lipinski definition) is 4. The Bertz CT molecular complexity index is 718. The molecule has 2 aromatic rings. The van der Waals surface area contributed by atoms with Crippen molar-refractivity contribution in [2.75, 3.05) is 19.0 Å². The number of anilines is 1. The van der Waals surface area contributed by atoms with Crippen LogP contribution >= 0.6 is 11.6 Å². The zero-order valence-corrected chi connectivity index (χ0v) is 13.0. The van der Waals surface area contributed by atoms with E-state index in [9.17, 15) is 9.59 Å². The number of carboxylic acid groups (broad SMARTS) is 1. The third-order valence-electron chi connectivity index (χ3n) is 2.91. The fraction of sp³-hybridized carbons (Fsp3) is 0.125. The first kappa shape index (κ1) is 16.6. The molecule has 2 N–H and O–H groups in total. The number of carbonyl (C=O) groups is 2. The summed E-state index contributed by atoms with van der Waals surface area (Å²) in [5.74, 6) is -0.941. The van der Waals surface area contributed by atoms with E-state index in [4.69, 9.17) is 26.2 Å². The lowest BCUT2D eigenvalue weighted by molar-refractivity contribution is -0.118. The van der Waals surface area contributed by atoms with Crippen molar-refractivity contribution in [3.05, 3.63) is 53.1 Å². The number of carboxylic acids is 1. The lowest BCUT2D eigenvalue weighted by Gasteiger charge is -2.12. The summed E-state index contributed by atoms with van der Waals surface area (Å²) in [6, 6.07) is 11.4. The van der Waals surface area contributed by atoms with Gasteiger partial charge in [0.15, 0.2) is 6.61 Å². The Balaban J connectivity index is 2.07. The van der Waals surface area contributed by atoms with E-state index in [1.165, 1.54) is 19.2 Å². The molecule has 0 saturated heterocycles. The van der Waals surface area contributed by atoms with Crippen LogP contribution in [0.1, 0.15) is 10.4 Å². The molecule has 0 bridgehead atoms. The van der Waals surface area contributed by atoms with E-state index in [0.29, 0.717) is 5.75 Å². The molecule has 0 aromatic heterocycles. The molecule has 0 aliphatic heterocycles. The first-order valence-corrected chi connectivity index (χ1v) is 6.97. The van der Waals surface area contributed by atoms with Gasteiger partial charge in [-0.1, -0.05) is 29.8 Å². The molecule has 0 unspecified atom stereocenters.